The number of anilines is 2. The summed E-state index contributed by atoms with van der Waals surface area (Å²) < 4.78 is 31.2. The van der Waals surface area contributed by atoms with Crippen LogP contribution in [0.4, 0.5) is 20.2 Å². The maximum Gasteiger partial charge on any atom is 0.262 e. The van der Waals surface area contributed by atoms with Crippen LogP contribution in [0.3, 0.4) is 0 Å². The second kappa shape index (κ2) is 4.86. The molecule has 1 rings (SSSR count). The predicted molar refractivity (Wildman–Crippen MR) is 64.2 cm³/mol. The van der Waals surface area contributed by atoms with Crippen molar-refractivity contribution in [2.75, 3.05) is 24.7 Å². The van der Waals surface area contributed by atoms with Gasteiger partial charge in [0, 0.05) is 6.92 Å². The first kappa shape index (κ1) is 13.0. The lowest BCUT2D eigenvalue weighted by atomic mass is 10.2. The summed E-state index contributed by atoms with van der Waals surface area (Å²) in [6, 6.07) is 3.31. The molecule has 0 fully saturated rings. The molecule has 6 heteroatoms. The van der Waals surface area contributed by atoms with Crippen LogP contribution >= 0.6 is 15.9 Å². The van der Waals surface area contributed by atoms with Gasteiger partial charge in [-0.05, 0) is 28.1 Å². The van der Waals surface area contributed by atoms with Crippen LogP contribution in [0.2, 0.25) is 0 Å². The Morgan fingerprint density at radius 3 is 2.62 bits per heavy atom. The van der Waals surface area contributed by atoms with Crippen molar-refractivity contribution in [3.63, 3.8) is 0 Å². The molecular weight excluding hydrogens is 282 g/mol. The van der Waals surface area contributed by atoms with Crippen LogP contribution in [0.25, 0.3) is 0 Å². The van der Waals surface area contributed by atoms with E-state index in [2.05, 4.69) is 21.2 Å². The van der Waals surface area contributed by atoms with E-state index in [-0.39, 0.29) is 0 Å². The average Bonchev–Trinajstić information content (AvgIpc) is 2.17. The molecule has 1 aromatic carbocycles. The van der Waals surface area contributed by atoms with E-state index in [4.69, 9.17) is 10.5 Å². The molecule has 0 unspecified atom stereocenters. The third-order valence-electron chi connectivity index (χ3n) is 1.92. The van der Waals surface area contributed by atoms with Gasteiger partial charge in [0.1, 0.15) is 5.69 Å². The number of ether oxygens (including phenoxy) is 1. The smallest absolute Gasteiger partial charge is 0.262 e. The van der Waals surface area contributed by atoms with Gasteiger partial charge in [-0.3, -0.25) is 0 Å². The molecule has 0 radical (unpaired) electrons. The normalized spacial score (nSPS) is 11.3. The lowest BCUT2D eigenvalue weighted by Gasteiger charge is -2.17. The average molecular weight is 295 g/mol. The maximum absolute atomic E-state index is 12.7. The van der Waals surface area contributed by atoms with E-state index >= 15 is 0 Å². The highest BCUT2D eigenvalue weighted by atomic mass is 79.9. The predicted octanol–water partition coefficient (Wildman–Crippen LogP) is 3.11. The molecule has 0 atom stereocenters. The van der Waals surface area contributed by atoms with Crippen LogP contribution in [0.1, 0.15) is 6.92 Å². The number of hydrogen-bond acceptors (Lipinski definition) is 3. The van der Waals surface area contributed by atoms with Crippen LogP contribution in [0.15, 0.2) is 16.6 Å². The van der Waals surface area contributed by atoms with Gasteiger partial charge >= 0.3 is 0 Å². The molecule has 0 saturated heterocycles. The topological polar surface area (TPSA) is 47.3 Å². The minimum absolute atomic E-state index is 0.365. The molecule has 0 amide bonds. The van der Waals surface area contributed by atoms with Gasteiger partial charge in [-0.25, -0.2) is 8.78 Å². The summed E-state index contributed by atoms with van der Waals surface area (Å²) in [6.45, 7) is 0.338. The molecular formula is C10H13BrF2N2O. The molecule has 0 saturated carbocycles. The Balaban J connectivity index is 2.98. The van der Waals surface area contributed by atoms with Crippen molar-refractivity contribution in [2.45, 2.75) is 12.8 Å². The highest BCUT2D eigenvalue weighted by Gasteiger charge is 2.22. The highest BCUT2D eigenvalue weighted by molar-refractivity contribution is 9.10. The van der Waals surface area contributed by atoms with Crippen LogP contribution < -0.4 is 15.8 Å². The van der Waals surface area contributed by atoms with Gasteiger partial charge in [-0.1, -0.05) is 0 Å². The zero-order valence-electron chi connectivity index (χ0n) is 8.98. The Morgan fingerprint density at radius 1 is 1.50 bits per heavy atom. The van der Waals surface area contributed by atoms with Gasteiger partial charge in [-0.2, -0.15) is 0 Å². The van der Waals surface area contributed by atoms with Crippen LogP contribution in [0, 0.1) is 0 Å². The zero-order chi connectivity index (χ0) is 12.3. The molecule has 0 bridgehead atoms. The first-order valence-corrected chi connectivity index (χ1v) is 5.38. The van der Waals surface area contributed by atoms with E-state index in [0.717, 1.165) is 6.92 Å². The summed E-state index contributed by atoms with van der Waals surface area (Å²) in [4.78, 5) is 0. The Labute approximate surface area is 101 Å². The van der Waals surface area contributed by atoms with Crippen LogP contribution in [-0.4, -0.2) is 19.6 Å². The van der Waals surface area contributed by atoms with Crippen molar-refractivity contribution in [1.82, 2.24) is 0 Å². The van der Waals surface area contributed by atoms with E-state index in [1.165, 1.54) is 7.11 Å². The molecule has 0 aromatic heterocycles. The summed E-state index contributed by atoms with van der Waals surface area (Å²) in [5.74, 6) is -2.39. The third kappa shape index (κ3) is 3.23. The van der Waals surface area contributed by atoms with Gasteiger partial charge in [0.15, 0.2) is 5.75 Å². The minimum atomic E-state index is -2.81. The molecule has 90 valence electrons. The van der Waals surface area contributed by atoms with Crippen LogP contribution in [0.5, 0.6) is 5.75 Å². The van der Waals surface area contributed by atoms with Gasteiger partial charge < -0.3 is 15.8 Å². The Kier molecular flexibility index (Phi) is 3.96. The number of nitrogens with two attached hydrogens (primary N) is 1. The lowest BCUT2D eigenvalue weighted by molar-refractivity contribution is 0.0367. The van der Waals surface area contributed by atoms with Crippen molar-refractivity contribution in [3.8, 4) is 5.75 Å². The number of nitrogen functional groups attached to an aromatic ring is 1. The standard InChI is InChI=1S/C10H13BrF2N2O/c1-10(12,13)5-15-8-7(14)4-3-6(11)9(8)16-2/h3-4,15H,5,14H2,1-2H3. The summed E-state index contributed by atoms with van der Waals surface area (Å²) in [6.07, 6.45) is 0. The van der Waals surface area contributed by atoms with Crippen molar-refractivity contribution in [2.24, 2.45) is 0 Å². The second-order valence-electron chi connectivity index (χ2n) is 3.47. The molecule has 3 nitrogen and oxygen atoms in total. The van der Waals surface area contributed by atoms with Crippen molar-refractivity contribution in [1.29, 1.82) is 0 Å². The fourth-order valence-corrected chi connectivity index (χ4v) is 1.69. The van der Waals surface area contributed by atoms with Gasteiger partial charge in [0.05, 0.1) is 23.8 Å². The Bertz CT molecular complexity index is 380. The van der Waals surface area contributed by atoms with Gasteiger partial charge in [0.25, 0.3) is 5.92 Å². The van der Waals surface area contributed by atoms with Gasteiger partial charge in [-0.15, -0.1) is 0 Å². The lowest BCUT2D eigenvalue weighted by Crippen LogP contribution is -2.23. The minimum Gasteiger partial charge on any atom is -0.493 e. The first-order valence-electron chi connectivity index (χ1n) is 4.59. The number of rotatable bonds is 4. The number of hydrogen-bond donors (Lipinski definition) is 2. The number of nitrogens with one attached hydrogen (secondary N) is 1. The largest absolute Gasteiger partial charge is 0.493 e. The molecule has 16 heavy (non-hydrogen) atoms. The van der Waals surface area contributed by atoms with E-state index in [1.807, 2.05) is 0 Å². The Morgan fingerprint density at radius 2 is 2.12 bits per heavy atom. The number of alkyl halides is 2. The number of benzene rings is 1. The first-order chi connectivity index (χ1) is 7.35. The maximum atomic E-state index is 12.7. The second-order valence-corrected chi connectivity index (χ2v) is 4.32. The third-order valence-corrected chi connectivity index (χ3v) is 2.55. The zero-order valence-corrected chi connectivity index (χ0v) is 10.6. The van der Waals surface area contributed by atoms with E-state index in [0.29, 0.717) is 21.6 Å². The van der Waals surface area contributed by atoms with E-state index < -0.39 is 12.5 Å². The molecule has 0 aliphatic rings. The van der Waals surface area contributed by atoms with Crippen molar-refractivity contribution < 1.29 is 13.5 Å². The van der Waals surface area contributed by atoms with E-state index in [9.17, 15) is 8.78 Å². The summed E-state index contributed by atoms with van der Waals surface area (Å²) in [5, 5.41) is 2.58. The Hall–Kier alpha value is -1.04. The van der Waals surface area contributed by atoms with Crippen molar-refractivity contribution in [3.05, 3.63) is 16.6 Å². The molecule has 1 aromatic rings. The summed E-state index contributed by atoms with van der Waals surface area (Å²) in [7, 11) is 1.45. The molecule has 0 heterocycles. The fraction of sp³-hybridized carbons (Fsp3) is 0.400. The molecule has 0 spiro atoms. The molecule has 0 aliphatic carbocycles. The number of methoxy groups -OCH3 is 1. The van der Waals surface area contributed by atoms with E-state index in [1.54, 1.807) is 12.1 Å². The van der Waals surface area contributed by atoms with Gasteiger partial charge in [0.2, 0.25) is 0 Å². The number of halogens is 3. The van der Waals surface area contributed by atoms with Crippen LogP contribution in [-0.2, 0) is 0 Å². The summed E-state index contributed by atoms with van der Waals surface area (Å²) >= 11 is 3.25. The SMILES string of the molecule is COc1c(Br)ccc(N)c1NCC(C)(F)F. The molecule has 0 aliphatic heterocycles. The monoisotopic (exact) mass is 294 g/mol. The molecule has 3 N–H and O–H groups in total. The quantitative estimate of drug-likeness (QED) is 0.839. The highest BCUT2D eigenvalue weighted by Crippen LogP contribution is 2.37. The fourth-order valence-electron chi connectivity index (χ4n) is 1.20. The summed E-state index contributed by atoms with van der Waals surface area (Å²) in [5.41, 5.74) is 6.43. The van der Waals surface area contributed by atoms with Crippen molar-refractivity contribution >= 4 is 27.3 Å².